The quantitative estimate of drug-likeness (QED) is 0.703. The summed E-state index contributed by atoms with van der Waals surface area (Å²) in [5.41, 5.74) is 0.480. The van der Waals surface area contributed by atoms with Gasteiger partial charge in [-0.2, -0.15) is 0 Å². The number of likely N-dealkylation sites (N-methyl/N-ethyl adjacent to an activating group) is 1. The average molecular weight is 278 g/mol. The largest absolute Gasteiger partial charge is 0.492 e. The molecule has 1 fully saturated rings. The van der Waals surface area contributed by atoms with Gasteiger partial charge in [0, 0.05) is 19.6 Å². The van der Waals surface area contributed by atoms with Crippen LogP contribution < -0.4 is 10.2 Å². The highest BCUT2D eigenvalue weighted by molar-refractivity contribution is 6.58. The fourth-order valence-corrected chi connectivity index (χ4v) is 2.35. The molecule has 0 aromatic heterocycles. The number of rotatable bonds is 5. The smallest absolute Gasteiger partial charge is 0.488 e. The molecule has 110 valence electrons. The van der Waals surface area contributed by atoms with Crippen LogP contribution in [0.1, 0.15) is 6.42 Å². The Kier molecular flexibility index (Phi) is 5.85. The van der Waals surface area contributed by atoms with E-state index in [1.165, 1.54) is 13.0 Å². The summed E-state index contributed by atoms with van der Waals surface area (Å²) in [6.07, 6.45) is 1.21. The molecule has 20 heavy (non-hydrogen) atoms. The third-order valence-electron chi connectivity index (χ3n) is 3.67. The van der Waals surface area contributed by atoms with Gasteiger partial charge in [-0.15, -0.1) is 0 Å². The fraction of sp³-hybridized carbons (Fsp3) is 0.571. The van der Waals surface area contributed by atoms with Gasteiger partial charge in [0.05, 0.1) is 0 Å². The van der Waals surface area contributed by atoms with Gasteiger partial charge in [-0.25, -0.2) is 0 Å². The van der Waals surface area contributed by atoms with Gasteiger partial charge in [-0.1, -0.05) is 12.1 Å². The minimum atomic E-state index is -1.42. The van der Waals surface area contributed by atoms with E-state index < -0.39 is 7.12 Å². The Bertz CT molecular complexity index is 400. The maximum absolute atomic E-state index is 9.01. The van der Waals surface area contributed by atoms with Crippen molar-refractivity contribution in [1.82, 2.24) is 9.80 Å². The summed E-state index contributed by atoms with van der Waals surface area (Å²) in [5.74, 6) is 0.765. The van der Waals surface area contributed by atoms with Crippen molar-refractivity contribution in [1.29, 1.82) is 0 Å². The van der Waals surface area contributed by atoms with Gasteiger partial charge in [-0.3, -0.25) is 4.90 Å². The van der Waals surface area contributed by atoms with Gasteiger partial charge in [-0.05, 0) is 44.2 Å². The molecule has 6 heteroatoms. The molecule has 0 aliphatic carbocycles. The van der Waals surface area contributed by atoms with Crippen molar-refractivity contribution in [3.63, 3.8) is 0 Å². The molecule has 2 rings (SSSR count). The number of benzene rings is 1. The van der Waals surface area contributed by atoms with Crippen molar-refractivity contribution in [3.8, 4) is 5.75 Å². The number of hydrogen-bond acceptors (Lipinski definition) is 5. The zero-order valence-electron chi connectivity index (χ0n) is 12.0. The molecule has 1 saturated heterocycles. The number of nitrogens with zero attached hydrogens (tertiary/aromatic N) is 2. The molecule has 0 unspecified atom stereocenters. The van der Waals surface area contributed by atoms with E-state index in [0.29, 0.717) is 12.1 Å². The maximum Gasteiger partial charge on any atom is 0.488 e. The van der Waals surface area contributed by atoms with Crippen LogP contribution in [0.25, 0.3) is 0 Å². The lowest BCUT2D eigenvalue weighted by Crippen LogP contribution is -2.32. The minimum Gasteiger partial charge on any atom is -0.492 e. The SMILES string of the molecule is CN1CCCN(CCOc2ccc(B(O)O)cc2)CC1. The molecule has 1 aliphatic heterocycles. The minimum absolute atomic E-state index is 0.480. The third-order valence-corrected chi connectivity index (χ3v) is 3.67. The molecule has 2 N–H and O–H groups in total. The summed E-state index contributed by atoms with van der Waals surface area (Å²) in [7, 11) is 0.745. The Morgan fingerprint density at radius 2 is 1.85 bits per heavy atom. The molecule has 5 nitrogen and oxygen atoms in total. The monoisotopic (exact) mass is 278 g/mol. The molecule has 1 heterocycles. The topological polar surface area (TPSA) is 56.2 Å². The standard InChI is InChI=1S/C14H23BN2O3/c1-16-7-2-8-17(10-9-16)11-12-20-14-5-3-13(4-6-14)15(18)19/h3-6,18-19H,2,7-12H2,1H3. The molecule has 0 atom stereocenters. The van der Waals surface area contributed by atoms with E-state index in [1.54, 1.807) is 24.3 Å². The molecule has 0 amide bonds. The lowest BCUT2D eigenvalue weighted by molar-refractivity contribution is 0.213. The van der Waals surface area contributed by atoms with Crippen molar-refractivity contribution in [2.75, 3.05) is 46.4 Å². The number of hydrogen-bond donors (Lipinski definition) is 2. The Labute approximate surface area is 120 Å². The molecule has 0 radical (unpaired) electrons. The van der Waals surface area contributed by atoms with Crippen LogP contribution in [-0.2, 0) is 0 Å². The van der Waals surface area contributed by atoms with E-state index in [-0.39, 0.29) is 0 Å². The predicted octanol–water partition coefficient (Wildman–Crippen LogP) is -0.617. The van der Waals surface area contributed by atoms with Crippen LogP contribution in [0.3, 0.4) is 0 Å². The first-order valence-electron chi connectivity index (χ1n) is 7.15. The normalized spacial score (nSPS) is 17.8. The first kappa shape index (κ1) is 15.3. The summed E-state index contributed by atoms with van der Waals surface area (Å²) in [5, 5.41) is 18.0. The van der Waals surface area contributed by atoms with E-state index in [2.05, 4.69) is 16.8 Å². The zero-order valence-corrected chi connectivity index (χ0v) is 12.0. The van der Waals surface area contributed by atoms with Gasteiger partial charge in [0.1, 0.15) is 12.4 Å². The second-order valence-corrected chi connectivity index (χ2v) is 5.29. The summed E-state index contributed by atoms with van der Waals surface area (Å²) in [6, 6.07) is 6.87. The maximum atomic E-state index is 9.01. The van der Waals surface area contributed by atoms with Crippen LogP contribution >= 0.6 is 0 Å². The van der Waals surface area contributed by atoms with Gasteiger partial charge >= 0.3 is 7.12 Å². The lowest BCUT2D eigenvalue weighted by atomic mass is 9.80. The highest BCUT2D eigenvalue weighted by Crippen LogP contribution is 2.08. The van der Waals surface area contributed by atoms with Gasteiger partial charge < -0.3 is 19.7 Å². The summed E-state index contributed by atoms with van der Waals surface area (Å²) >= 11 is 0. The molecule has 0 spiro atoms. The van der Waals surface area contributed by atoms with Crippen LogP contribution in [-0.4, -0.2) is 73.3 Å². The van der Waals surface area contributed by atoms with Gasteiger partial charge in [0.25, 0.3) is 0 Å². The van der Waals surface area contributed by atoms with E-state index in [4.69, 9.17) is 14.8 Å². The third kappa shape index (κ3) is 4.79. The Balaban J connectivity index is 1.72. The van der Waals surface area contributed by atoms with Crippen LogP contribution in [0.4, 0.5) is 0 Å². The van der Waals surface area contributed by atoms with Gasteiger partial charge in [0.15, 0.2) is 0 Å². The second kappa shape index (κ2) is 7.64. The van der Waals surface area contributed by atoms with E-state index in [9.17, 15) is 0 Å². The van der Waals surface area contributed by atoms with Crippen molar-refractivity contribution in [3.05, 3.63) is 24.3 Å². The Morgan fingerprint density at radius 3 is 2.55 bits per heavy atom. The van der Waals surface area contributed by atoms with Crippen LogP contribution in [0.5, 0.6) is 5.75 Å². The molecular weight excluding hydrogens is 255 g/mol. The van der Waals surface area contributed by atoms with Gasteiger partial charge in [0.2, 0.25) is 0 Å². The Morgan fingerprint density at radius 1 is 1.10 bits per heavy atom. The first-order valence-corrected chi connectivity index (χ1v) is 7.15. The molecule has 0 bridgehead atoms. The molecule has 0 saturated carbocycles. The molecule has 1 aliphatic rings. The van der Waals surface area contributed by atoms with Crippen LogP contribution in [0, 0.1) is 0 Å². The van der Waals surface area contributed by atoms with E-state index in [0.717, 1.165) is 31.9 Å². The summed E-state index contributed by atoms with van der Waals surface area (Å²) in [6.45, 7) is 6.09. The zero-order chi connectivity index (χ0) is 14.4. The fourth-order valence-electron chi connectivity index (χ4n) is 2.35. The highest BCUT2D eigenvalue weighted by atomic mass is 16.5. The van der Waals surface area contributed by atoms with Crippen molar-refractivity contribution < 1.29 is 14.8 Å². The molecular formula is C14H23BN2O3. The van der Waals surface area contributed by atoms with E-state index in [1.807, 2.05) is 0 Å². The van der Waals surface area contributed by atoms with Crippen LogP contribution in [0.2, 0.25) is 0 Å². The molecule has 1 aromatic carbocycles. The average Bonchev–Trinajstić information content (AvgIpc) is 2.64. The first-order chi connectivity index (χ1) is 9.65. The summed E-state index contributed by atoms with van der Waals surface area (Å²) in [4.78, 5) is 4.79. The highest BCUT2D eigenvalue weighted by Gasteiger charge is 2.12. The lowest BCUT2D eigenvalue weighted by Gasteiger charge is -2.20. The Hall–Kier alpha value is -1.08. The number of ether oxygens (including phenoxy) is 1. The van der Waals surface area contributed by atoms with Crippen molar-refractivity contribution in [2.24, 2.45) is 0 Å². The van der Waals surface area contributed by atoms with Crippen molar-refractivity contribution >= 4 is 12.6 Å². The predicted molar refractivity (Wildman–Crippen MR) is 80.3 cm³/mol. The van der Waals surface area contributed by atoms with Crippen LogP contribution in [0.15, 0.2) is 24.3 Å². The molecule has 1 aromatic rings. The second-order valence-electron chi connectivity index (χ2n) is 5.29. The van der Waals surface area contributed by atoms with E-state index >= 15 is 0 Å². The van der Waals surface area contributed by atoms with Crippen molar-refractivity contribution in [2.45, 2.75) is 6.42 Å². The summed E-state index contributed by atoms with van der Waals surface area (Å²) < 4.78 is 5.69.